The first-order valence-electron chi connectivity index (χ1n) is 7.66. The fourth-order valence-electron chi connectivity index (χ4n) is 3.00. The van der Waals surface area contributed by atoms with Crippen LogP contribution in [0.4, 0.5) is 5.82 Å². The normalized spacial score (nSPS) is 13.0. The van der Waals surface area contributed by atoms with E-state index in [1.807, 2.05) is 16.8 Å². The lowest BCUT2D eigenvalue weighted by atomic mass is 10.1. The van der Waals surface area contributed by atoms with Gasteiger partial charge in [-0.3, -0.25) is 0 Å². The van der Waals surface area contributed by atoms with E-state index in [0.717, 1.165) is 35.7 Å². The van der Waals surface area contributed by atoms with Crippen molar-refractivity contribution in [2.24, 2.45) is 0 Å². The number of hydrogen-bond donors (Lipinski definition) is 1. The summed E-state index contributed by atoms with van der Waals surface area (Å²) >= 11 is 14.6. The number of rotatable bonds is 3. The van der Waals surface area contributed by atoms with Crippen LogP contribution >= 0.6 is 45.8 Å². The first-order chi connectivity index (χ1) is 11.6. The second kappa shape index (κ2) is 6.58. The molecule has 1 N–H and O–H groups in total. The second-order valence-electron chi connectivity index (χ2n) is 5.75. The Morgan fingerprint density at radius 2 is 1.92 bits per heavy atom. The van der Waals surface area contributed by atoms with E-state index in [-0.39, 0.29) is 0 Å². The minimum absolute atomic E-state index is 0.653. The predicted molar refractivity (Wildman–Crippen MR) is 108 cm³/mol. The molecule has 3 aromatic rings. The van der Waals surface area contributed by atoms with Crippen molar-refractivity contribution in [2.75, 3.05) is 11.9 Å². The molecule has 0 atom stereocenters. The summed E-state index contributed by atoms with van der Waals surface area (Å²) in [5, 5.41) is 9.65. The Morgan fingerprint density at radius 3 is 2.67 bits per heavy atom. The SMILES string of the molecule is Clc1ccc(Cc2nn(-c3ccc(I)cc3)c3c2CCN3)c(Cl)c1. The van der Waals surface area contributed by atoms with Gasteiger partial charge in [0, 0.05) is 32.1 Å². The summed E-state index contributed by atoms with van der Waals surface area (Å²) < 4.78 is 3.21. The van der Waals surface area contributed by atoms with Gasteiger partial charge in [-0.25, -0.2) is 4.68 Å². The maximum absolute atomic E-state index is 6.34. The fraction of sp³-hybridized carbons (Fsp3) is 0.167. The third-order valence-electron chi connectivity index (χ3n) is 4.18. The van der Waals surface area contributed by atoms with E-state index >= 15 is 0 Å². The molecule has 0 saturated heterocycles. The maximum atomic E-state index is 6.34. The fourth-order valence-corrected chi connectivity index (χ4v) is 3.84. The highest BCUT2D eigenvalue weighted by Gasteiger charge is 2.23. The molecule has 3 nitrogen and oxygen atoms in total. The molecule has 6 heteroatoms. The summed E-state index contributed by atoms with van der Waals surface area (Å²) in [6, 6.07) is 14.0. The molecule has 1 aliphatic heterocycles. The van der Waals surface area contributed by atoms with Crippen LogP contribution in [0.15, 0.2) is 42.5 Å². The maximum Gasteiger partial charge on any atom is 0.133 e. The molecule has 1 aromatic heterocycles. The Labute approximate surface area is 164 Å². The highest BCUT2D eigenvalue weighted by atomic mass is 127. The molecule has 24 heavy (non-hydrogen) atoms. The molecule has 0 saturated carbocycles. The minimum atomic E-state index is 0.653. The van der Waals surface area contributed by atoms with Crippen LogP contribution in [-0.2, 0) is 12.8 Å². The van der Waals surface area contributed by atoms with Crippen molar-refractivity contribution >= 4 is 51.6 Å². The van der Waals surface area contributed by atoms with Gasteiger partial charge in [-0.15, -0.1) is 0 Å². The minimum Gasteiger partial charge on any atom is -0.369 e. The lowest BCUT2D eigenvalue weighted by Crippen LogP contribution is -2.05. The van der Waals surface area contributed by atoms with Crippen LogP contribution in [0.5, 0.6) is 0 Å². The number of aromatic nitrogens is 2. The average molecular weight is 470 g/mol. The van der Waals surface area contributed by atoms with Gasteiger partial charge in [-0.2, -0.15) is 5.10 Å². The van der Waals surface area contributed by atoms with Crippen molar-refractivity contribution < 1.29 is 0 Å². The molecule has 0 unspecified atom stereocenters. The number of halogens is 3. The Morgan fingerprint density at radius 1 is 1.12 bits per heavy atom. The Kier molecular flexibility index (Phi) is 4.45. The van der Waals surface area contributed by atoms with Crippen LogP contribution in [0, 0.1) is 3.57 Å². The van der Waals surface area contributed by atoms with E-state index in [9.17, 15) is 0 Å². The third kappa shape index (κ3) is 3.03. The molecule has 0 aliphatic carbocycles. The monoisotopic (exact) mass is 469 g/mol. The second-order valence-corrected chi connectivity index (χ2v) is 7.84. The highest BCUT2D eigenvalue weighted by molar-refractivity contribution is 14.1. The zero-order chi connectivity index (χ0) is 16.7. The molecule has 4 rings (SSSR count). The van der Waals surface area contributed by atoms with E-state index in [1.54, 1.807) is 6.07 Å². The van der Waals surface area contributed by atoms with Crippen LogP contribution in [0.25, 0.3) is 5.69 Å². The van der Waals surface area contributed by atoms with Crippen LogP contribution in [-0.4, -0.2) is 16.3 Å². The van der Waals surface area contributed by atoms with E-state index in [4.69, 9.17) is 28.3 Å². The predicted octanol–water partition coefficient (Wildman–Crippen LogP) is 5.34. The first kappa shape index (κ1) is 16.2. The summed E-state index contributed by atoms with van der Waals surface area (Å²) in [6.45, 7) is 0.943. The Hall–Kier alpha value is -1.24. The zero-order valence-corrected chi connectivity index (χ0v) is 16.4. The summed E-state index contributed by atoms with van der Waals surface area (Å²) in [5.74, 6) is 1.09. The summed E-state index contributed by atoms with van der Waals surface area (Å²) in [4.78, 5) is 0. The van der Waals surface area contributed by atoms with Crippen molar-refractivity contribution in [3.8, 4) is 5.69 Å². The van der Waals surface area contributed by atoms with Crippen molar-refractivity contribution in [2.45, 2.75) is 12.8 Å². The number of fused-ring (bicyclic) bond motifs is 1. The summed E-state index contributed by atoms with van der Waals surface area (Å²) in [6.07, 6.45) is 1.69. The van der Waals surface area contributed by atoms with E-state index < -0.39 is 0 Å². The summed E-state index contributed by atoms with van der Waals surface area (Å²) in [5.41, 5.74) is 4.45. The first-order valence-corrected chi connectivity index (χ1v) is 9.50. The van der Waals surface area contributed by atoms with Crippen LogP contribution in [0.2, 0.25) is 10.0 Å². The molecule has 0 bridgehead atoms. The Balaban J connectivity index is 1.74. The molecular formula is C18H14Cl2IN3. The number of anilines is 1. The largest absolute Gasteiger partial charge is 0.369 e. The molecule has 0 fully saturated rings. The van der Waals surface area contributed by atoms with Gasteiger partial charge in [0.1, 0.15) is 5.82 Å². The van der Waals surface area contributed by atoms with Gasteiger partial charge in [0.05, 0.1) is 11.4 Å². The smallest absolute Gasteiger partial charge is 0.133 e. The molecule has 0 spiro atoms. The molecule has 1 aliphatic rings. The van der Waals surface area contributed by atoms with Gasteiger partial charge >= 0.3 is 0 Å². The molecule has 122 valence electrons. The van der Waals surface area contributed by atoms with Gasteiger partial charge in [-0.05, 0) is 71.0 Å². The van der Waals surface area contributed by atoms with Crippen molar-refractivity contribution in [1.82, 2.24) is 9.78 Å². The number of hydrogen-bond acceptors (Lipinski definition) is 2. The lowest BCUT2D eigenvalue weighted by Gasteiger charge is -2.06. The quantitative estimate of drug-likeness (QED) is 0.524. The number of nitrogens with one attached hydrogen (secondary N) is 1. The van der Waals surface area contributed by atoms with E-state index in [0.29, 0.717) is 16.5 Å². The van der Waals surface area contributed by atoms with Crippen molar-refractivity contribution in [3.05, 3.63) is 72.9 Å². The molecule has 0 radical (unpaired) electrons. The zero-order valence-electron chi connectivity index (χ0n) is 12.7. The Bertz CT molecular complexity index is 903. The van der Waals surface area contributed by atoms with Crippen molar-refractivity contribution in [3.63, 3.8) is 0 Å². The van der Waals surface area contributed by atoms with Crippen LogP contribution in [0.3, 0.4) is 0 Å². The molecular weight excluding hydrogens is 456 g/mol. The summed E-state index contributed by atoms with van der Waals surface area (Å²) in [7, 11) is 0. The van der Waals surface area contributed by atoms with Crippen molar-refractivity contribution in [1.29, 1.82) is 0 Å². The van der Waals surface area contributed by atoms with Gasteiger partial charge < -0.3 is 5.32 Å². The van der Waals surface area contributed by atoms with Gasteiger partial charge in [-0.1, -0.05) is 29.3 Å². The molecule has 0 amide bonds. The topological polar surface area (TPSA) is 29.9 Å². The van der Waals surface area contributed by atoms with Crippen LogP contribution in [0.1, 0.15) is 16.8 Å². The van der Waals surface area contributed by atoms with Crippen LogP contribution < -0.4 is 5.32 Å². The van der Waals surface area contributed by atoms with E-state index in [2.05, 4.69) is 52.2 Å². The number of nitrogens with zero attached hydrogens (tertiary/aromatic N) is 2. The van der Waals surface area contributed by atoms with Gasteiger partial charge in [0.15, 0.2) is 0 Å². The molecule has 2 heterocycles. The lowest BCUT2D eigenvalue weighted by molar-refractivity contribution is 0.839. The van der Waals surface area contributed by atoms with Gasteiger partial charge in [0.2, 0.25) is 0 Å². The van der Waals surface area contributed by atoms with Gasteiger partial charge in [0.25, 0.3) is 0 Å². The number of benzene rings is 2. The highest BCUT2D eigenvalue weighted by Crippen LogP contribution is 2.31. The standard InChI is InChI=1S/C18H14Cl2IN3/c19-12-2-1-11(16(20)10-12)9-17-15-7-8-22-18(15)24(23-17)14-5-3-13(21)4-6-14/h1-6,10,22H,7-9H2. The molecule has 2 aromatic carbocycles. The average Bonchev–Trinajstić information content (AvgIpc) is 3.15. The van der Waals surface area contributed by atoms with E-state index in [1.165, 1.54) is 9.13 Å². The third-order valence-corrected chi connectivity index (χ3v) is 5.48.